The summed E-state index contributed by atoms with van der Waals surface area (Å²) in [6.07, 6.45) is 0. The van der Waals surface area contributed by atoms with Crippen molar-refractivity contribution in [1.29, 1.82) is 0 Å². The Labute approximate surface area is 139 Å². The molecule has 0 aliphatic carbocycles. The number of piperazine rings is 1. The van der Waals surface area contributed by atoms with Crippen molar-refractivity contribution >= 4 is 22.4 Å². The van der Waals surface area contributed by atoms with Crippen molar-refractivity contribution in [3.63, 3.8) is 0 Å². The summed E-state index contributed by atoms with van der Waals surface area (Å²) in [5, 5.41) is 10.1. The molecular formula is C16H20N4O2S. The van der Waals surface area contributed by atoms with Gasteiger partial charge in [0.25, 0.3) is 5.91 Å². The Morgan fingerprint density at radius 3 is 2.57 bits per heavy atom. The van der Waals surface area contributed by atoms with E-state index in [0.29, 0.717) is 13.1 Å². The SMILES string of the molecule is Cc1nnc(N2CCN(C(=O)COc3ccccc3C)CC2)s1. The quantitative estimate of drug-likeness (QED) is 0.856. The first-order valence-corrected chi connectivity index (χ1v) is 8.46. The molecule has 23 heavy (non-hydrogen) atoms. The number of carbonyl (C=O) groups is 1. The third-order valence-corrected chi connectivity index (χ3v) is 4.76. The number of benzene rings is 1. The molecule has 1 aromatic heterocycles. The van der Waals surface area contributed by atoms with E-state index in [4.69, 9.17) is 4.74 Å². The van der Waals surface area contributed by atoms with Crippen molar-refractivity contribution in [3.05, 3.63) is 34.8 Å². The smallest absolute Gasteiger partial charge is 0.260 e. The molecule has 3 rings (SSSR count). The molecule has 0 bridgehead atoms. The second-order valence-corrected chi connectivity index (χ2v) is 6.69. The molecule has 0 N–H and O–H groups in total. The zero-order valence-corrected chi connectivity index (χ0v) is 14.2. The molecule has 1 aromatic carbocycles. The first-order chi connectivity index (χ1) is 11.1. The number of nitrogens with zero attached hydrogens (tertiary/aromatic N) is 4. The van der Waals surface area contributed by atoms with Gasteiger partial charge < -0.3 is 14.5 Å². The highest BCUT2D eigenvalue weighted by atomic mass is 32.1. The average Bonchev–Trinajstić information content (AvgIpc) is 3.00. The van der Waals surface area contributed by atoms with Crippen LogP contribution in [0.4, 0.5) is 5.13 Å². The van der Waals surface area contributed by atoms with E-state index in [2.05, 4.69) is 15.1 Å². The van der Waals surface area contributed by atoms with Crippen molar-refractivity contribution in [1.82, 2.24) is 15.1 Å². The predicted octanol–water partition coefficient (Wildman–Crippen LogP) is 1.88. The second kappa shape index (κ2) is 6.95. The molecule has 122 valence electrons. The van der Waals surface area contributed by atoms with E-state index in [1.54, 1.807) is 11.3 Å². The number of aromatic nitrogens is 2. The van der Waals surface area contributed by atoms with Crippen molar-refractivity contribution in [2.45, 2.75) is 13.8 Å². The van der Waals surface area contributed by atoms with Crippen LogP contribution in [0.15, 0.2) is 24.3 Å². The molecule has 1 saturated heterocycles. The summed E-state index contributed by atoms with van der Waals surface area (Å²) < 4.78 is 5.64. The summed E-state index contributed by atoms with van der Waals surface area (Å²) in [6, 6.07) is 7.73. The minimum Gasteiger partial charge on any atom is -0.484 e. The van der Waals surface area contributed by atoms with Crippen molar-refractivity contribution in [2.24, 2.45) is 0 Å². The van der Waals surface area contributed by atoms with Crippen LogP contribution in [-0.4, -0.2) is 53.8 Å². The van der Waals surface area contributed by atoms with Crippen LogP contribution in [0.3, 0.4) is 0 Å². The fourth-order valence-electron chi connectivity index (χ4n) is 2.51. The first kappa shape index (κ1) is 15.7. The van der Waals surface area contributed by atoms with E-state index in [-0.39, 0.29) is 12.5 Å². The highest BCUT2D eigenvalue weighted by molar-refractivity contribution is 7.15. The zero-order chi connectivity index (χ0) is 16.2. The summed E-state index contributed by atoms with van der Waals surface area (Å²) in [5.74, 6) is 0.796. The minimum absolute atomic E-state index is 0.0290. The lowest BCUT2D eigenvalue weighted by atomic mass is 10.2. The highest BCUT2D eigenvalue weighted by Gasteiger charge is 2.23. The monoisotopic (exact) mass is 332 g/mol. The summed E-state index contributed by atoms with van der Waals surface area (Å²) >= 11 is 1.59. The number of aryl methyl sites for hydroxylation is 2. The van der Waals surface area contributed by atoms with Crippen molar-refractivity contribution in [2.75, 3.05) is 37.7 Å². The van der Waals surface area contributed by atoms with E-state index in [1.807, 2.05) is 43.0 Å². The van der Waals surface area contributed by atoms with Crippen molar-refractivity contribution < 1.29 is 9.53 Å². The van der Waals surface area contributed by atoms with Crippen LogP contribution >= 0.6 is 11.3 Å². The molecule has 0 spiro atoms. The highest BCUT2D eigenvalue weighted by Crippen LogP contribution is 2.21. The standard InChI is InChI=1S/C16H20N4O2S/c1-12-5-3-4-6-14(12)22-11-15(21)19-7-9-20(10-8-19)16-18-17-13(2)23-16/h3-6H,7-11H2,1-2H3. The molecular weight excluding hydrogens is 312 g/mol. The number of hydrogen-bond acceptors (Lipinski definition) is 6. The van der Waals surface area contributed by atoms with Crippen LogP contribution in [0.2, 0.25) is 0 Å². The van der Waals surface area contributed by atoms with Gasteiger partial charge in [0.15, 0.2) is 6.61 Å². The Morgan fingerprint density at radius 1 is 1.17 bits per heavy atom. The normalized spacial score (nSPS) is 14.9. The second-order valence-electron chi connectivity index (χ2n) is 5.53. The molecule has 1 aliphatic heterocycles. The van der Waals surface area contributed by atoms with Gasteiger partial charge in [0.05, 0.1) is 0 Å². The van der Waals surface area contributed by atoms with Gasteiger partial charge in [0, 0.05) is 26.2 Å². The zero-order valence-electron chi connectivity index (χ0n) is 13.4. The van der Waals surface area contributed by atoms with Gasteiger partial charge in [-0.1, -0.05) is 29.5 Å². The molecule has 0 saturated carbocycles. The van der Waals surface area contributed by atoms with Crippen LogP contribution in [0.1, 0.15) is 10.6 Å². The molecule has 6 nitrogen and oxygen atoms in total. The Morgan fingerprint density at radius 2 is 1.91 bits per heavy atom. The molecule has 1 aliphatic rings. The van der Waals surface area contributed by atoms with E-state index in [0.717, 1.165) is 34.5 Å². The predicted molar refractivity (Wildman–Crippen MR) is 90.1 cm³/mol. The number of carbonyl (C=O) groups excluding carboxylic acids is 1. The maximum absolute atomic E-state index is 12.3. The Hall–Kier alpha value is -2.15. The molecule has 1 amide bonds. The van der Waals surface area contributed by atoms with Crippen LogP contribution in [-0.2, 0) is 4.79 Å². The van der Waals surface area contributed by atoms with Crippen molar-refractivity contribution in [3.8, 4) is 5.75 Å². The molecule has 1 fully saturated rings. The largest absolute Gasteiger partial charge is 0.484 e. The van der Waals surface area contributed by atoms with E-state index >= 15 is 0 Å². The van der Waals surface area contributed by atoms with Gasteiger partial charge in [-0.2, -0.15) is 0 Å². The van der Waals surface area contributed by atoms with Crippen LogP contribution in [0.25, 0.3) is 0 Å². The summed E-state index contributed by atoms with van der Waals surface area (Å²) in [4.78, 5) is 16.3. The molecule has 2 heterocycles. The van der Waals surface area contributed by atoms with Gasteiger partial charge in [-0.15, -0.1) is 10.2 Å². The maximum Gasteiger partial charge on any atom is 0.260 e. The van der Waals surface area contributed by atoms with Gasteiger partial charge >= 0.3 is 0 Å². The number of rotatable bonds is 4. The third kappa shape index (κ3) is 3.79. The summed E-state index contributed by atoms with van der Waals surface area (Å²) in [5.41, 5.74) is 1.04. The molecule has 0 radical (unpaired) electrons. The molecule has 2 aromatic rings. The lowest BCUT2D eigenvalue weighted by Crippen LogP contribution is -2.50. The third-order valence-electron chi connectivity index (χ3n) is 3.86. The number of ether oxygens (including phenoxy) is 1. The van der Waals surface area contributed by atoms with Gasteiger partial charge in [0.2, 0.25) is 5.13 Å². The van der Waals surface area contributed by atoms with Gasteiger partial charge in [-0.3, -0.25) is 4.79 Å². The Balaban J connectivity index is 1.49. The fourth-order valence-corrected chi connectivity index (χ4v) is 3.25. The molecule has 7 heteroatoms. The number of amides is 1. The van der Waals surface area contributed by atoms with Gasteiger partial charge in [-0.05, 0) is 25.5 Å². The average molecular weight is 332 g/mol. The van der Waals surface area contributed by atoms with Gasteiger partial charge in [0.1, 0.15) is 10.8 Å². The number of para-hydroxylation sites is 1. The molecule has 0 atom stereocenters. The summed E-state index contributed by atoms with van der Waals surface area (Å²) in [6.45, 7) is 6.95. The van der Waals surface area contributed by atoms with Crippen LogP contribution in [0.5, 0.6) is 5.75 Å². The lowest BCUT2D eigenvalue weighted by Gasteiger charge is -2.34. The Kier molecular flexibility index (Phi) is 4.76. The fraction of sp³-hybridized carbons (Fsp3) is 0.438. The first-order valence-electron chi connectivity index (χ1n) is 7.65. The van der Waals surface area contributed by atoms with E-state index in [9.17, 15) is 4.79 Å². The van der Waals surface area contributed by atoms with E-state index in [1.165, 1.54) is 0 Å². The topological polar surface area (TPSA) is 58.6 Å². The summed E-state index contributed by atoms with van der Waals surface area (Å²) in [7, 11) is 0. The minimum atomic E-state index is 0.0290. The van der Waals surface area contributed by atoms with Crippen LogP contribution in [0, 0.1) is 13.8 Å². The number of hydrogen-bond donors (Lipinski definition) is 0. The molecule has 0 unspecified atom stereocenters. The number of anilines is 1. The Bertz CT molecular complexity index is 680. The van der Waals surface area contributed by atoms with Crippen LogP contribution < -0.4 is 9.64 Å². The van der Waals surface area contributed by atoms with Gasteiger partial charge in [-0.25, -0.2) is 0 Å². The maximum atomic E-state index is 12.3. The lowest BCUT2D eigenvalue weighted by molar-refractivity contribution is -0.133. The van der Waals surface area contributed by atoms with E-state index < -0.39 is 0 Å².